The van der Waals surface area contributed by atoms with Crippen LogP contribution in [0.4, 0.5) is 0 Å². The van der Waals surface area contributed by atoms with Crippen molar-refractivity contribution in [3.63, 3.8) is 0 Å². The molecule has 10 aromatic rings. The van der Waals surface area contributed by atoms with Gasteiger partial charge in [0.05, 0.1) is 33.1 Å². The predicted molar refractivity (Wildman–Crippen MR) is 214 cm³/mol. The Hall–Kier alpha value is -6.72. The van der Waals surface area contributed by atoms with Crippen LogP contribution in [0, 0.1) is 0 Å². The zero-order valence-corrected chi connectivity index (χ0v) is 28.9. The summed E-state index contributed by atoms with van der Waals surface area (Å²) in [6.45, 7) is 0. The highest BCUT2D eigenvalue weighted by Gasteiger charge is 2.20. The first-order chi connectivity index (χ1) is 25.6. The predicted octanol–water partition coefficient (Wildman–Crippen LogP) is 11.1. The van der Waals surface area contributed by atoms with Gasteiger partial charge < -0.3 is 13.7 Å². The van der Waals surface area contributed by atoms with E-state index >= 15 is 0 Å². The molecule has 0 aliphatic heterocycles. The topological polar surface area (TPSA) is 40.6 Å². The molecule has 246 valence electrons. The van der Waals surface area contributed by atoms with Crippen molar-refractivity contribution < 1.29 is 0 Å². The first-order valence-electron chi connectivity index (χ1n) is 17.8. The number of benzene rings is 7. The Morgan fingerprint density at radius 2 is 1.06 bits per heavy atom. The maximum atomic E-state index is 5.19. The molecule has 0 saturated carbocycles. The fraction of sp³-hybridized carbons (Fsp3) is 0.0638. The maximum Gasteiger partial charge on any atom is 0.140 e. The molecule has 5 nitrogen and oxygen atoms in total. The number of imidazole rings is 2. The fourth-order valence-corrected chi connectivity index (χ4v) is 8.53. The second kappa shape index (κ2) is 10.9. The summed E-state index contributed by atoms with van der Waals surface area (Å²) in [6.07, 6.45) is 0.987. The summed E-state index contributed by atoms with van der Waals surface area (Å²) in [5, 5.41) is 2.44. The maximum absolute atomic E-state index is 5.19. The number of aromatic nitrogens is 5. The van der Waals surface area contributed by atoms with Crippen LogP contribution in [0.3, 0.4) is 0 Å². The summed E-state index contributed by atoms with van der Waals surface area (Å²) in [6, 6.07) is 54.8. The Morgan fingerprint density at radius 1 is 0.423 bits per heavy atom. The quantitative estimate of drug-likeness (QED) is 0.187. The van der Waals surface area contributed by atoms with Crippen molar-refractivity contribution in [3.05, 3.63) is 163 Å². The van der Waals surface area contributed by atoms with E-state index in [1.807, 2.05) is 6.07 Å². The lowest BCUT2D eigenvalue weighted by Gasteiger charge is -2.11. The Kier molecular flexibility index (Phi) is 6.08. The molecule has 0 radical (unpaired) electrons. The van der Waals surface area contributed by atoms with Crippen molar-refractivity contribution >= 4 is 43.9 Å². The summed E-state index contributed by atoms with van der Waals surface area (Å²) < 4.78 is 6.80. The van der Waals surface area contributed by atoms with Crippen LogP contribution in [-0.2, 0) is 20.5 Å². The number of para-hydroxylation sites is 3. The third-order valence-corrected chi connectivity index (χ3v) is 11.1. The average Bonchev–Trinajstić information content (AvgIpc) is 3.93. The highest BCUT2D eigenvalue weighted by Crippen LogP contribution is 2.40. The number of fused-ring (bicyclic) bond motifs is 8. The number of rotatable bonds is 4. The van der Waals surface area contributed by atoms with Gasteiger partial charge in [-0.15, -0.1) is 0 Å². The number of hydrogen-bond acceptors (Lipinski definition) is 2. The van der Waals surface area contributed by atoms with E-state index in [1.165, 1.54) is 49.7 Å². The standard InChI is InChI=1S/C47H33N5/c1-50-43-17-8-6-15-40(43)48-46(50)32-11-9-12-35(26-32)52-42-16-7-5-14-38(42)39-22-19-33(28-44(39)52)47-49-41-23-20-30(27-45(41)51(47)2)29-18-21-37-34(24-29)25-31-10-3-4-13-36(31)37/h3-24,26-28H,25H2,1-2H3. The highest BCUT2D eigenvalue weighted by atomic mass is 15.1. The minimum atomic E-state index is 0.948. The van der Waals surface area contributed by atoms with Gasteiger partial charge in [-0.2, -0.15) is 0 Å². The van der Waals surface area contributed by atoms with Crippen LogP contribution in [0.15, 0.2) is 152 Å². The zero-order chi connectivity index (χ0) is 34.5. The van der Waals surface area contributed by atoms with Crippen molar-refractivity contribution in [1.29, 1.82) is 0 Å². The van der Waals surface area contributed by atoms with Gasteiger partial charge in [0.15, 0.2) is 0 Å². The molecule has 1 aliphatic rings. The SMILES string of the molecule is Cn1c(-c2cccc(-n3c4ccccc4c4ccc(-c5nc6ccc(-c7ccc8c(c7)Cc7ccccc7-8)cc6n5C)cc43)c2)nc2ccccc21. The second-order valence-electron chi connectivity index (χ2n) is 14.0. The normalized spacial score (nSPS) is 12.3. The van der Waals surface area contributed by atoms with Crippen molar-refractivity contribution in [1.82, 2.24) is 23.7 Å². The van der Waals surface area contributed by atoms with Gasteiger partial charge in [0, 0.05) is 41.7 Å². The van der Waals surface area contributed by atoms with Crippen molar-refractivity contribution in [2.75, 3.05) is 0 Å². The fourth-order valence-electron chi connectivity index (χ4n) is 8.53. The number of nitrogens with zero attached hydrogens (tertiary/aromatic N) is 5. The molecular formula is C47H33N5. The van der Waals surface area contributed by atoms with Crippen LogP contribution in [0.5, 0.6) is 0 Å². The van der Waals surface area contributed by atoms with E-state index < -0.39 is 0 Å². The monoisotopic (exact) mass is 667 g/mol. The Labute approximate surface area is 300 Å². The van der Waals surface area contributed by atoms with Crippen molar-refractivity contribution in [2.45, 2.75) is 6.42 Å². The van der Waals surface area contributed by atoms with E-state index in [1.54, 1.807) is 0 Å². The Morgan fingerprint density at radius 3 is 1.94 bits per heavy atom. The molecule has 0 saturated heterocycles. The van der Waals surface area contributed by atoms with E-state index in [-0.39, 0.29) is 0 Å². The van der Waals surface area contributed by atoms with Crippen LogP contribution >= 0.6 is 0 Å². The molecule has 0 amide bonds. The minimum absolute atomic E-state index is 0.948. The molecular weight excluding hydrogens is 635 g/mol. The van der Waals surface area contributed by atoms with E-state index in [0.717, 1.165) is 62.5 Å². The summed E-state index contributed by atoms with van der Waals surface area (Å²) in [4.78, 5) is 10.2. The molecule has 7 aromatic carbocycles. The molecule has 52 heavy (non-hydrogen) atoms. The molecule has 5 heteroatoms. The highest BCUT2D eigenvalue weighted by molar-refractivity contribution is 6.10. The van der Waals surface area contributed by atoms with Gasteiger partial charge in [0.2, 0.25) is 0 Å². The first-order valence-corrected chi connectivity index (χ1v) is 17.8. The number of aryl methyl sites for hydroxylation is 2. The molecule has 0 N–H and O–H groups in total. The Balaban J connectivity index is 1.02. The van der Waals surface area contributed by atoms with E-state index in [0.29, 0.717) is 0 Å². The largest absolute Gasteiger partial charge is 0.327 e. The Bertz CT molecular complexity index is 3080. The van der Waals surface area contributed by atoms with Gasteiger partial charge in [-0.25, -0.2) is 9.97 Å². The molecule has 0 bridgehead atoms. The lowest BCUT2D eigenvalue weighted by Crippen LogP contribution is -1.97. The molecule has 3 aromatic heterocycles. The van der Waals surface area contributed by atoms with Gasteiger partial charge in [0.1, 0.15) is 11.6 Å². The smallest absolute Gasteiger partial charge is 0.140 e. The first kappa shape index (κ1) is 29.1. The van der Waals surface area contributed by atoms with Crippen molar-refractivity contribution in [3.8, 4) is 50.7 Å². The van der Waals surface area contributed by atoms with Crippen LogP contribution in [0.1, 0.15) is 11.1 Å². The van der Waals surface area contributed by atoms with Gasteiger partial charge >= 0.3 is 0 Å². The van der Waals surface area contributed by atoms with Crippen molar-refractivity contribution in [2.24, 2.45) is 14.1 Å². The summed E-state index contributed by atoms with van der Waals surface area (Å²) >= 11 is 0. The van der Waals surface area contributed by atoms with E-state index in [2.05, 4.69) is 173 Å². The molecule has 1 aliphatic carbocycles. The van der Waals surface area contributed by atoms with Crippen LogP contribution in [0.25, 0.3) is 94.6 Å². The van der Waals surface area contributed by atoms with Gasteiger partial charge in [0.25, 0.3) is 0 Å². The lowest BCUT2D eigenvalue weighted by molar-refractivity contribution is 0.958. The third-order valence-electron chi connectivity index (χ3n) is 11.1. The second-order valence-corrected chi connectivity index (χ2v) is 14.0. The molecule has 11 rings (SSSR count). The zero-order valence-electron chi connectivity index (χ0n) is 28.9. The minimum Gasteiger partial charge on any atom is -0.327 e. The third kappa shape index (κ3) is 4.23. The van der Waals surface area contributed by atoms with E-state index in [4.69, 9.17) is 9.97 Å². The van der Waals surface area contributed by atoms with Crippen LogP contribution in [0.2, 0.25) is 0 Å². The van der Waals surface area contributed by atoms with E-state index in [9.17, 15) is 0 Å². The molecule has 0 unspecified atom stereocenters. The van der Waals surface area contributed by atoms with Crippen LogP contribution in [-0.4, -0.2) is 23.7 Å². The van der Waals surface area contributed by atoms with Gasteiger partial charge in [-0.1, -0.05) is 103 Å². The van der Waals surface area contributed by atoms with Crippen LogP contribution < -0.4 is 0 Å². The molecule has 0 atom stereocenters. The number of hydrogen-bond donors (Lipinski definition) is 0. The molecule has 0 fully saturated rings. The summed E-state index contributed by atoms with van der Waals surface area (Å²) in [7, 11) is 4.22. The average molecular weight is 668 g/mol. The van der Waals surface area contributed by atoms with Gasteiger partial charge in [-0.3, -0.25) is 0 Å². The molecule has 3 heterocycles. The van der Waals surface area contributed by atoms with Gasteiger partial charge in [-0.05, 0) is 88.3 Å². The molecule has 0 spiro atoms. The summed E-state index contributed by atoms with van der Waals surface area (Å²) in [5.74, 6) is 1.90. The lowest BCUT2D eigenvalue weighted by atomic mass is 9.99. The summed E-state index contributed by atoms with van der Waals surface area (Å²) in [5.41, 5.74) is 17.8.